The van der Waals surface area contributed by atoms with E-state index >= 15 is 0 Å². The second-order valence-corrected chi connectivity index (χ2v) is 5.08. The van der Waals surface area contributed by atoms with Crippen LogP contribution in [0.3, 0.4) is 0 Å². The van der Waals surface area contributed by atoms with Gasteiger partial charge in [0.15, 0.2) is 0 Å². The number of aliphatic carboxylic acids is 1. The molecule has 0 saturated carbocycles. The normalized spacial score (nSPS) is 11.0. The Bertz CT molecular complexity index is 503. The highest BCUT2D eigenvalue weighted by Gasteiger charge is 2.27. The molecule has 0 atom stereocenters. The maximum atomic E-state index is 13.7. The molecular formula is C14H19FN2O3. The van der Waals surface area contributed by atoms with Gasteiger partial charge in [-0.05, 0) is 32.9 Å². The number of para-hydroxylation sites is 1. The van der Waals surface area contributed by atoms with Crippen molar-refractivity contribution < 1.29 is 19.1 Å². The number of urea groups is 1. The molecule has 0 unspecified atom stereocenters. The molecule has 1 aromatic carbocycles. The van der Waals surface area contributed by atoms with Crippen molar-refractivity contribution in [3.63, 3.8) is 0 Å². The van der Waals surface area contributed by atoms with Gasteiger partial charge in [0.1, 0.15) is 5.82 Å². The highest BCUT2D eigenvalue weighted by molar-refractivity contribution is 5.92. The minimum absolute atomic E-state index is 0.165. The Hall–Kier alpha value is -2.11. The molecule has 0 bridgehead atoms. The number of benzene rings is 1. The van der Waals surface area contributed by atoms with Crippen LogP contribution in [0.1, 0.15) is 27.2 Å². The minimum atomic E-state index is -1.01. The largest absolute Gasteiger partial charge is 0.481 e. The van der Waals surface area contributed by atoms with E-state index in [9.17, 15) is 14.0 Å². The lowest BCUT2D eigenvalue weighted by Gasteiger charge is -2.29. The van der Waals surface area contributed by atoms with Crippen molar-refractivity contribution >= 4 is 17.7 Å². The van der Waals surface area contributed by atoms with Crippen LogP contribution in [0.25, 0.3) is 0 Å². The Balaban J connectivity index is 2.89. The summed E-state index contributed by atoms with van der Waals surface area (Å²) in [5.41, 5.74) is -0.750. The smallest absolute Gasteiger partial charge is 0.322 e. The number of anilines is 1. The van der Waals surface area contributed by atoms with E-state index in [1.807, 2.05) is 0 Å². The molecule has 0 aromatic heterocycles. The van der Waals surface area contributed by atoms with Gasteiger partial charge in [0, 0.05) is 12.1 Å². The third-order valence-electron chi connectivity index (χ3n) is 2.74. The van der Waals surface area contributed by atoms with Crippen molar-refractivity contribution in [2.24, 2.45) is 0 Å². The number of carbonyl (C=O) groups is 2. The van der Waals surface area contributed by atoms with E-state index in [-0.39, 0.29) is 18.7 Å². The number of halogens is 1. The quantitative estimate of drug-likeness (QED) is 0.872. The molecule has 1 rings (SSSR count). The van der Waals surface area contributed by atoms with Crippen molar-refractivity contribution in [1.29, 1.82) is 0 Å². The third kappa shape index (κ3) is 4.22. The number of hydrogen-bond acceptors (Lipinski definition) is 2. The second-order valence-electron chi connectivity index (χ2n) is 5.08. The number of nitrogens with zero attached hydrogens (tertiary/aromatic N) is 1. The number of nitrogens with one attached hydrogen (secondary N) is 1. The number of carbonyl (C=O) groups excluding carboxylic acids is 1. The Kier molecular flexibility index (Phi) is 5.07. The average molecular weight is 282 g/mol. The second kappa shape index (κ2) is 6.36. The third-order valence-corrected chi connectivity index (χ3v) is 2.74. The summed E-state index contributed by atoms with van der Waals surface area (Å²) in [4.78, 5) is 24.1. The van der Waals surface area contributed by atoms with Crippen molar-refractivity contribution in [2.75, 3.05) is 11.4 Å². The van der Waals surface area contributed by atoms with E-state index in [2.05, 4.69) is 5.32 Å². The predicted molar refractivity (Wildman–Crippen MR) is 74.3 cm³/mol. The standard InChI is InChI=1S/C14H19FN2O3/c1-4-17(11-8-6-5-7-10(11)15)13(20)16-14(2,3)9-12(18)19/h5-8H,4,9H2,1-3H3,(H,16,20)(H,18,19). The highest BCUT2D eigenvalue weighted by atomic mass is 19.1. The Morgan fingerprint density at radius 2 is 1.95 bits per heavy atom. The Morgan fingerprint density at radius 1 is 1.35 bits per heavy atom. The molecule has 0 spiro atoms. The number of amides is 2. The van der Waals surface area contributed by atoms with Crippen LogP contribution in [0.2, 0.25) is 0 Å². The van der Waals surface area contributed by atoms with Gasteiger partial charge in [-0.3, -0.25) is 9.69 Å². The first kappa shape index (κ1) is 15.9. The molecule has 2 N–H and O–H groups in total. The SMILES string of the molecule is CCN(C(=O)NC(C)(C)CC(=O)O)c1ccccc1F. The number of carboxylic acids is 1. The van der Waals surface area contributed by atoms with Gasteiger partial charge >= 0.3 is 12.0 Å². The van der Waals surface area contributed by atoms with E-state index in [1.165, 1.54) is 17.0 Å². The molecule has 0 heterocycles. The van der Waals surface area contributed by atoms with Gasteiger partial charge in [-0.1, -0.05) is 12.1 Å². The van der Waals surface area contributed by atoms with Gasteiger partial charge in [0.05, 0.1) is 12.1 Å². The van der Waals surface area contributed by atoms with Crippen molar-refractivity contribution in [3.05, 3.63) is 30.1 Å². The van der Waals surface area contributed by atoms with Crippen LogP contribution in [0.5, 0.6) is 0 Å². The maximum absolute atomic E-state index is 13.7. The van der Waals surface area contributed by atoms with E-state index in [0.717, 1.165) is 0 Å². The molecule has 0 radical (unpaired) electrons. The van der Waals surface area contributed by atoms with Crippen LogP contribution in [-0.2, 0) is 4.79 Å². The van der Waals surface area contributed by atoms with Gasteiger partial charge in [-0.25, -0.2) is 9.18 Å². The van der Waals surface area contributed by atoms with Gasteiger partial charge in [-0.15, -0.1) is 0 Å². The van der Waals surface area contributed by atoms with E-state index in [1.54, 1.807) is 32.9 Å². The summed E-state index contributed by atoms with van der Waals surface area (Å²) >= 11 is 0. The molecule has 0 aliphatic rings. The minimum Gasteiger partial charge on any atom is -0.481 e. The summed E-state index contributed by atoms with van der Waals surface area (Å²) in [6.07, 6.45) is -0.215. The van der Waals surface area contributed by atoms with Gasteiger partial charge in [0.2, 0.25) is 0 Å². The average Bonchev–Trinajstić information content (AvgIpc) is 2.29. The fraction of sp³-hybridized carbons (Fsp3) is 0.429. The zero-order valence-corrected chi connectivity index (χ0v) is 11.8. The number of hydrogen-bond donors (Lipinski definition) is 2. The van der Waals surface area contributed by atoms with Crippen LogP contribution in [0.4, 0.5) is 14.9 Å². The molecule has 0 fully saturated rings. The van der Waals surface area contributed by atoms with Crippen LogP contribution in [0, 0.1) is 5.82 Å². The zero-order chi connectivity index (χ0) is 15.3. The van der Waals surface area contributed by atoms with Crippen LogP contribution < -0.4 is 10.2 Å². The Morgan fingerprint density at radius 3 is 2.45 bits per heavy atom. The maximum Gasteiger partial charge on any atom is 0.322 e. The molecule has 20 heavy (non-hydrogen) atoms. The predicted octanol–water partition coefficient (Wildman–Crippen LogP) is 2.61. The van der Waals surface area contributed by atoms with E-state index in [4.69, 9.17) is 5.11 Å². The number of rotatable bonds is 5. The van der Waals surface area contributed by atoms with Crippen molar-refractivity contribution in [3.8, 4) is 0 Å². The molecule has 0 aliphatic heterocycles. The molecular weight excluding hydrogens is 263 g/mol. The lowest BCUT2D eigenvalue weighted by Crippen LogP contribution is -2.51. The van der Waals surface area contributed by atoms with Gasteiger partial charge < -0.3 is 10.4 Å². The monoisotopic (exact) mass is 282 g/mol. The topological polar surface area (TPSA) is 69.6 Å². The van der Waals surface area contributed by atoms with Crippen molar-refractivity contribution in [2.45, 2.75) is 32.7 Å². The van der Waals surface area contributed by atoms with Crippen LogP contribution in [-0.4, -0.2) is 29.2 Å². The summed E-state index contributed by atoms with van der Waals surface area (Å²) in [6.45, 7) is 5.20. The first-order valence-corrected chi connectivity index (χ1v) is 6.33. The summed E-state index contributed by atoms with van der Waals surface area (Å²) in [7, 11) is 0. The molecule has 6 heteroatoms. The Labute approximate surface area is 117 Å². The van der Waals surface area contributed by atoms with Gasteiger partial charge in [-0.2, -0.15) is 0 Å². The summed E-state index contributed by atoms with van der Waals surface area (Å²) in [6, 6.07) is 5.43. The highest BCUT2D eigenvalue weighted by Crippen LogP contribution is 2.19. The molecule has 110 valence electrons. The van der Waals surface area contributed by atoms with E-state index < -0.39 is 23.4 Å². The fourth-order valence-corrected chi connectivity index (χ4v) is 1.87. The molecule has 0 aliphatic carbocycles. The van der Waals surface area contributed by atoms with Crippen LogP contribution in [0.15, 0.2) is 24.3 Å². The molecule has 1 aromatic rings. The zero-order valence-electron chi connectivity index (χ0n) is 11.8. The fourth-order valence-electron chi connectivity index (χ4n) is 1.87. The molecule has 2 amide bonds. The summed E-state index contributed by atoms with van der Waals surface area (Å²) < 4.78 is 13.7. The summed E-state index contributed by atoms with van der Waals surface area (Å²) in [5, 5.41) is 11.4. The van der Waals surface area contributed by atoms with E-state index in [0.29, 0.717) is 0 Å². The first-order chi connectivity index (χ1) is 9.26. The first-order valence-electron chi connectivity index (χ1n) is 6.33. The lowest BCUT2D eigenvalue weighted by atomic mass is 10.0. The summed E-state index contributed by atoms with van der Waals surface area (Å²) in [5.74, 6) is -1.51. The number of carboxylic acid groups (broad SMARTS) is 1. The lowest BCUT2D eigenvalue weighted by molar-refractivity contribution is -0.138. The van der Waals surface area contributed by atoms with Crippen LogP contribution >= 0.6 is 0 Å². The van der Waals surface area contributed by atoms with Crippen molar-refractivity contribution in [1.82, 2.24) is 5.32 Å². The van der Waals surface area contributed by atoms with Gasteiger partial charge in [0.25, 0.3) is 0 Å². The molecule has 5 nitrogen and oxygen atoms in total. The molecule has 0 saturated heterocycles.